The van der Waals surface area contributed by atoms with Crippen LogP contribution in [0.3, 0.4) is 0 Å². The Bertz CT molecular complexity index is 474. The second kappa shape index (κ2) is 5.15. The summed E-state index contributed by atoms with van der Waals surface area (Å²) in [6.07, 6.45) is 5.28. The number of aromatic amines is 1. The molecule has 0 fully saturated rings. The van der Waals surface area contributed by atoms with E-state index in [1.165, 1.54) is 16.7 Å². The standard InChI is InChI=1S/C14H19N3/c1-10-3-4-12(7-11(10)2)8-13(15)9-14-16-5-6-17-14/h3-7,13H,8-9,15H2,1-2H3,(H,16,17). The molecule has 0 aliphatic rings. The lowest BCUT2D eigenvalue weighted by Gasteiger charge is -2.11. The topological polar surface area (TPSA) is 54.7 Å². The summed E-state index contributed by atoms with van der Waals surface area (Å²) in [6.45, 7) is 4.26. The summed E-state index contributed by atoms with van der Waals surface area (Å²) in [5.41, 5.74) is 10.1. The lowest BCUT2D eigenvalue weighted by atomic mass is 10.00. The molecule has 17 heavy (non-hydrogen) atoms. The van der Waals surface area contributed by atoms with Gasteiger partial charge in [-0.05, 0) is 37.0 Å². The predicted molar refractivity (Wildman–Crippen MR) is 69.9 cm³/mol. The minimum atomic E-state index is 0.114. The number of aryl methyl sites for hydroxylation is 2. The smallest absolute Gasteiger partial charge is 0.107 e. The Morgan fingerprint density at radius 3 is 2.71 bits per heavy atom. The minimum absolute atomic E-state index is 0.114. The summed E-state index contributed by atoms with van der Waals surface area (Å²) in [5.74, 6) is 0.960. The first-order valence-electron chi connectivity index (χ1n) is 5.95. The average Bonchev–Trinajstić information content (AvgIpc) is 2.76. The number of hydrogen-bond acceptors (Lipinski definition) is 2. The highest BCUT2D eigenvalue weighted by atomic mass is 14.9. The summed E-state index contributed by atoms with van der Waals surface area (Å²) < 4.78 is 0. The molecule has 2 aromatic rings. The molecule has 1 aromatic heterocycles. The van der Waals surface area contributed by atoms with Gasteiger partial charge in [-0.15, -0.1) is 0 Å². The van der Waals surface area contributed by atoms with Crippen molar-refractivity contribution in [1.82, 2.24) is 9.97 Å². The van der Waals surface area contributed by atoms with Crippen LogP contribution in [-0.4, -0.2) is 16.0 Å². The number of nitrogens with zero attached hydrogens (tertiary/aromatic N) is 1. The van der Waals surface area contributed by atoms with E-state index in [-0.39, 0.29) is 6.04 Å². The first-order valence-corrected chi connectivity index (χ1v) is 5.95. The van der Waals surface area contributed by atoms with Crippen LogP contribution in [0, 0.1) is 13.8 Å². The van der Waals surface area contributed by atoms with Crippen molar-refractivity contribution in [3.63, 3.8) is 0 Å². The van der Waals surface area contributed by atoms with Gasteiger partial charge in [0.1, 0.15) is 5.82 Å². The second-order valence-electron chi connectivity index (χ2n) is 4.62. The van der Waals surface area contributed by atoms with Gasteiger partial charge in [0.25, 0.3) is 0 Å². The van der Waals surface area contributed by atoms with Gasteiger partial charge in [-0.25, -0.2) is 4.98 Å². The van der Waals surface area contributed by atoms with Crippen molar-refractivity contribution in [3.05, 3.63) is 53.1 Å². The SMILES string of the molecule is Cc1ccc(CC(N)Cc2ncc[nH]2)cc1C. The number of aromatic nitrogens is 2. The van der Waals surface area contributed by atoms with E-state index >= 15 is 0 Å². The van der Waals surface area contributed by atoms with E-state index in [1.54, 1.807) is 6.20 Å². The lowest BCUT2D eigenvalue weighted by Crippen LogP contribution is -2.26. The molecule has 3 heteroatoms. The molecular weight excluding hydrogens is 210 g/mol. The van der Waals surface area contributed by atoms with Gasteiger partial charge < -0.3 is 10.7 Å². The average molecular weight is 229 g/mol. The fraction of sp³-hybridized carbons (Fsp3) is 0.357. The fourth-order valence-corrected chi connectivity index (χ4v) is 1.96. The van der Waals surface area contributed by atoms with Crippen molar-refractivity contribution in [2.24, 2.45) is 5.73 Å². The first kappa shape index (κ1) is 11.9. The van der Waals surface area contributed by atoms with E-state index in [0.717, 1.165) is 18.7 Å². The fourth-order valence-electron chi connectivity index (χ4n) is 1.96. The Kier molecular flexibility index (Phi) is 3.59. The number of hydrogen-bond donors (Lipinski definition) is 2. The number of imidazole rings is 1. The quantitative estimate of drug-likeness (QED) is 0.844. The molecule has 0 bridgehead atoms. The number of benzene rings is 1. The van der Waals surface area contributed by atoms with E-state index in [1.807, 2.05) is 6.20 Å². The highest BCUT2D eigenvalue weighted by molar-refractivity contribution is 5.30. The third-order valence-electron chi connectivity index (χ3n) is 3.08. The molecule has 3 N–H and O–H groups in total. The molecule has 90 valence electrons. The number of rotatable bonds is 4. The molecule has 3 nitrogen and oxygen atoms in total. The first-order chi connectivity index (χ1) is 8.15. The molecule has 0 radical (unpaired) electrons. The zero-order chi connectivity index (χ0) is 12.3. The molecule has 0 saturated carbocycles. The van der Waals surface area contributed by atoms with Crippen LogP contribution < -0.4 is 5.73 Å². The third kappa shape index (κ3) is 3.17. The Morgan fingerprint density at radius 2 is 2.06 bits per heavy atom. The van der Waals surface area contributed by atoms with Gasteiger partial charge in [0, 0.05) is 24.9 Å². The van der Waals surface area contributed by atoms with Crippen LogP contribution in [0.2, 0.25) is 0 Å². The predicted octanol–water partition coefficient (Wildman–Crippen LogP) is 2.14. The highest BCUT2D eigenvalue weighted by Gasteiger charge is 2.07. The van der Waals surface area contributed by atoms with E-state index in [9.17, 15) is 0 Å². The maximum Gasteiger partial charge on any atom is 0.107 e. The van der Waals surface area contributed by atoms with Crippen molar-refractivity contribution in [1.29, 1.82) is 0 Å². The maximum atomic E-state index is 6.13. The zero-order valence-corrected chi connectivity index (χ0v) is 10.4. The molecule has 0 aliphatic carbocycles. The summed E-state index contributed by atoms with van der Waals surface area (Å²) in [7, 11) is 0. The van der Waals surface area contributed by atoms with Crippen molar-refractivity contribution in [2.45, 2.75) is 32.7 Å². The van der Waals surface area contributed by atoms with Crippen LogP contribution in [0.25, 0.3) is 0 Å². The van der Waals surface area contributed by atoms with Crippen LogP contribution in [0.15, 0.2) is 30.6 Å². The van der Waals surface area contributed by atoms with Crippen molar-refractivity contribution in [3.8, 4) is 0 Å². The number of nitrogens with one attached hydrogen (secondary N) is 1. The normalized spacial score (nSPS) is 12.6. The maximum absolute atomic E-state index is 6.13. The molecule has 2 rings (SSSR count). The molecule has 0 spiro atoms. The zero-order valence-electron chi connectivity index (χ0n) is 10.4. The molecule has 1 atom stereocenters. The van der Waals surface area contributed by atoms with E-state index < -0.39 is 0 Å². The molecule has 0 aliphatic heterocycles. The highest BCUT2D eigenvalue weighted by Crippen LogP contribution is 2.12. The van der Waals surface area contributed by atoms with Crippen molar-refractivity contribution in [2.75, 3.05) is 0 Å². The van der Waals surface area contributed by atoms with Gasteiger partial charge in [0.05, 0.1) is 0 Å². The van der Waals surface area contributed by atoms with Crippen LogP contribution in [0.5, 0.6) is 0 Å². The minimum Gasteiger partial charge on any atom is -0.349 e. The molecule has 1 unspecified atom stereocenters. The van der Waals surface area contributed by atoms with E-state index in [2.05, 4.69) is 42.0 Å². The van der Waals surface area contributed by atoms with E-state index in [4.69, 9.17) is 5.73 Å². The molecule has 0 amide bonds. The lowest BCUT2D eigenvalue weighted by molar-refractivity contribution is 0.645. The number of nitrogens with two attached hydrogens (primary N) is 1. The summed E-state index contributed by atoms with van der Waals surface area (Å²) >= 11 is 0. The third-order valence-corrected chi connectivity index (χ3v) is 3.08. The van der Waals surface area contributed by atoms with Crippen LogP contribution in [0.1, 0.15) is 22.5 Å². The Balaban J connectivity index is 1.98. The largest absolute Gasteiger partial charge is 0.349 e. The van der Waals surface area contributed by atoms with Crippen molar-refractivity contribution >= 4 is 0 Å². The molecule has 1 aromatic carbocycles. The van der Waals surface area contributed by atoms with Gasteiger partial charge >= 0.3 is 0 Å². The van der Waals surface area contributed by atoms with Gasteiger partial charge in [0.2, 0.25) is 0 Å². The monoisotopic (exact) mass is 229 g/mol. The number of H-pyrrole nitrogens is 1. The van der Waals surface area contributed by atoms with Gasteiger partial charge in [-0.1, -0.05) is 18.2 Å². The summed E-state index contributed by atoms with van der Waals surface area (Å²) in [5, 5.41) is 0. The van der Waals surface area contributed by atoms with Gasteiger partial charge in [-0.2, -0.15) is 0 Å². The Labute approximate surface area is 102 Å². The van der Waals surface area contributed by atoms with Crippen LogP contribution >= 0.6 is 0 Å². The van der Waals surface area contributed by atoms with Crippen molar-refractivity contribution < 1.29 is 0 Å². The summed E-state index contributed by atoms with van der Waals surface area (Å²) in [4.78, 5) is 7.28. The molecule has 0 saturated heterocycles. The molecular formula is C14H19N3. The van der Waals surface area contributed by atoms with Crippen LogP contribution in [0.4, 0.5) is 0 Å². The van der Waals surface area contributed by atoms with Gasteiger partial charge in [-0.3, -0.25) is 0 Å². The Morgan fingerprint density at radius 1 is 1.24 bits per heavy atom. The van der Waals surface area contributed by atoms with Gasteiger partial charge in [0.15, 0.2) is 0 Å². The Hall–Kier alpha value is -1.61. The summed E-state index contributed by atoms with van der Waals surface area (Å²) in [6, 6.07) is 6.65. The van der Waals surface area contributed by atoms with E-state index in [0.29, 0.717) is 0 Å². The second-order valence-corrected chi connectivity index (χ2v) is 4.62. The molecule has 1 heterocycles. The van der Waals surface area contributed by atoms with Crippen LogP contribution in [-0.2, 0) is 12.8 Å².